The summed E-state index contributed by atoms with van der Waals surface area (Å²) in [5.74, 6) is -0.919. The Labute approximate surface area is 88.9 Å². The van der Waals surface area contributed by atoms with E-state index in [4.69, 9.17) is 5.73 Å². The number of rotatable bonds is 3. The summed E-state index contributed by atoms with van der Waals surface area (Å²) >= 11 is 0. The van der Waals surface area contributed by atoms with Crippen LogP contribution in [-0.4, -0.2) is 9.96 Å². The van der Waals surface area contributed by atoms with Gasteiger partial charge in [-0.15, -0.1) is 0 Å². The third kappa shape index (κ3) is 2.34. The maximum Gasteiger partial charge on any atom is 0.144 e. The van der Waals surface area contributed by atoms with Crippen LogP contribution in [0, 0.1) is 17.6 Å². The van der Waals surface area contributed by atoms with Crippen molar-refractivity contribution in [2.75, 3.05) is 11.5 Å². The fraction of sp³-hybridized carbons (Fsp3) is 0.400. The number of nitrogens with two attached hydrogens (primary N) is 1. The van der Waals surface area contributed by atoms with Gasteiger partial charge >= 0.3 is 0 Å². The lowest BCUT2D eigenvalue weighted by Gasteiger charge is -2.05. The second kappa shape index (κ2) is 3.89. The van der Waals surface area contributed by atoms with Gasteiger partial charge in [-0.2, -0.15) is 0 Å². The van der Waals surface area contributed by atoms with E-state index in [2.05, 4.69) is 0 Å². The fourth-order valence-electron chi connectivity index (χ4n) is 1.38. The first-order chi connectivity index (χ1) is 7.08. The average molecular weight is 231 g/mol. The Bertz CT molecular complexity index is 395. The Morgan fingerprint density at radius 1 is 1.33 bits per heavy atom. The summed E-state index contributed by atoms with van der Waals surface area (Å²) < 4.78 is 38.3. The smallest absolute Gasteiger partial charge is 0.144 e. The van der Waals surface area contributed by atoms with E-state index in [1.165, 1.54) is 0 Å². The molecule has 1 aromatic rings. The van der Waals surface area contributed by atoms with Gasteiger partial charge in [0, 0.05) is 11.4 Å². The summed E-state index contributed by atoms with van der Waals surface area (Å²) in [5.41, 5.74) is 5.27. The number of nitrogen functional groups attached to an aromatic ring is 1. The first kappa shape index (κ1) is 10.5. The predicted molar refractivity (Wildman–Crippen MR) is 54.8 cm³/mol. The molecule has 0 amide bonds. The minimum Gasteiger partial charge on any atom is -0.399 e. The van der Waals surface area contributed by atoms with E-state index in [-0.39, 0.29) is 10.6 Å². The molecule has 0 aromatic heterocycles. The summed E-state index contributed by atoms with van der Waals surface area (Å²) in [6.45, 7) is 0. The van der Waals surface area contributed by atoms with Gasteiger partial charge in [-0.3, -0.25) is 4.21 Å². The topological polar surface area (TPSA) is 43.1 Å². The largest absolute Gasteiger partial charge is 0.399 e. The normalized spacial score (nSPS) is 17.7. The first-order valence-corrected chi connectivity index (χ1v) is 6.02. The number of benzene rings is 1. The van der Waals surface area contributed by atoms with E-state index in [0.717, 1.165) is 25.0 Å². The van der Waals surface area contributed by atoms with Crippen molar-refractivity contribution < 1.29 is 13.0 Å². The monoisotopic (exact) mass is 231 g/mol. The van der Waals surface area contributed by atoms with Gasteiger partial charge < -0.3 is 5.73 Å². The van der Waals surface area contributed by atoms with E-state index in [9.17, 15) is 13.0 Å². The van der Waals surface area contributed by atoms with Gasteiger partial charge in [-0.25, -0.2) is 8.78 Å². The minimum atomic E-state index is -1.59. The van der Waals surface area contributed by atoms with Gasteiger partial charge in [0.1, 0.15) is 16.5 Å². The third-order valence-electron chi connectivity index (χ3n) is 2.33. The van der Waals surface area contributed by atoms with Gasteiger partial charge in [0.05, 0.1) is 10.8 Å². The summed E-state index contributed by atoms with van der Waals surface area (Å²) in [6, 6.07) is 2.01. The Morgan fingerprint density at radius 2 is 1.87 bits per heavy atom. The molecule has 1 aromatic carbocycles. The van der Waals surface area contributed by atoms with Crippen LogP contribution in [0.15, 0.2) is 17.0 Å². The fourth-order valence-corrected chi connectivity index (χ4v) is 2.86. The molecule has 15 heavy (non-hydrogen) atoms. The van der Waals surface area contributed by atoms with Gasteiger partial charge in [0.25, 0.3) is 0 Å². The lowest BCUT2D eigenvalue weighted by Crippen LogP contribution is -2.06. The van der Waals surface area contributed by atoms with E-state index in [0.29, 0.717) is 11.7 Å². The zero-order chi connectivity index (χ0) is 11.0. The van der Waals surface area contributed by atoms with Crippen LogP contribution < -0.4 is 5.73 Å². The molecule has 1 aliphatic carbocycles. The maximum atomic E-state index is 13.3. The van der Waals surface area contributed by atoms with E-state index < -0.39 is 22.4 Å². The van der Waals surface area contributed by atoms with Crippen LogP contribution in [-0.2, 0) is 10.8 Å². The van der Waals surface area contributed by atoms with Crippen molar-refractivity contribution in [2.24, 2.45) is 5.92 Å². The molecule has 0 heterocycles. The van der Waals surface area contributed by atoms with Crippen molar-refractivity contribution >= 4 is 16.5 Å². The molecule has 2 rings (SSSR count). The van der Waals surface area contributed by atoms with Crippen LogP contribution in [0.2, 0.25) is 0 Å². The highest BCUT2D eigenvalue weighted by Gasteiger charge is 2.27. The van der Waals surface area contributed by atoms with Crippen LogP contribution in [0.5, 0.6) is 0 Å². The highest BCUT2D eigenvalue weighted by molar-refractivity contribution is 7.85. The van der Waals surface area contributed by atoms with Crippen LogP contribution in [0.3, 0.4) is 0 Å². The molecule has 1 atom stereocenters. The van der Waals surface area contributed by atoms with Crippen LogP contribution >= 0.6 is 0 Å². The third-order valence-corrected chi connectivity index (χ3v) is 3.95. The van der Waals surface area contributed by atoms with E-state index >= 15 is 0 Å². The SMILES string of the molecule is Nc1cc(F)c(S(=O)CC2CC2)c(F)c1. The molecular weight excluding hydrogens is 220 g/mol. The van der Waals surface area contributed by atoms with Crippen LogP contribution in [0.4, 0.5) is 14.5 Å². The lowest BCUT2D eigenvalue weighted by molar-refractivity contribution is 0.535. The van der Waals surface area contributed by atoms with E-state index in [1.54, 1.807) is 0 Å². The molecule has 0 aliphatic heterocycles. The van der Waals surface area contributed by atoms with Crippen molar-refractivity contribution in [3.05, 3.63) is 23.8 Å². The highest BCUT2D eigenvalue weighted by atomic mass is 32.2. The standard InChI is InChI=1S/C10H11F2NOS/c11-8-3-7(13)4-9(12)10(8)15(14)5-6-1-2-6/h3-4,6H,1-2,5,13H2. The molecule has 1 aliphatic rings. The van der Waals surface area contributed by atoms with Crippen LogP contribution in [0.25, 0.3) is 0 Å². The molecule has 1 unspecified atom stereocenters. The number of hydrogen-bond acceptors (Lipinski definition) is 2. The summed E-state index contributed by atoms with van der Waals surface area (Å²) in [5, 5.41) is 0. The molecular formula is C10H11F2NOS. The Kier molecular flexibility index (Phi) is 2.73. The minimum absolute atomic E-state index is 0.0113. The molecule has 1 saturated carbocycles. The van der Waals surface area contributed by atoms with Crippen molar-refractivity contribution in [3.63, 3.8) is 0 Å². The maximum absolute atomic E-state index is 13.3. The van der Waals surface area contributed by atoms with Gasteiger partial charge in [0.2, 0.25) is 0 Å². The lowest BCUT2D eigenvalue weighted by atomic mass is 10.3. The Hall–Kier alpha value is -0.970. The zero-order valence-electron chi connectivity index (χ0n) is 8.00. The molecule has 1 fully saturated rings. The summed E-state index contributed by atoms with van der Waals surface area (Å²) in [4.78, 5) is -0.337. The number of hydrogen-bond donors (Lipinski definition) is 1. The Balaban J connectivity index is 2.29. The van der Waals surface area contributed by atoms with Gasteiger partial charge in [-0.1, -0.05) is 0 Å². The molecule has 2 nitrogen and oxygen atoms in total. The molecule has 2 N–H and O–H groups in total. The van der Waals surface area contributed by atoms with Gasteiger partial charge in [0.15, 0.2) is 0 Å². The second-order valence-electron chi connectivity index (χ2n) is 3.77. The average Bonchev–Trinajstić information content (AvgIpc) is 2.85. The quantitative estimate of drug-likeness (QED) is 0.809. The molecule has 0 radical (unpaired) electrons. The first-order valence-electron chi connectivity index (χ1n) is 4.71. The molecule has 82 valence electrons. The second-order valence-corrected chi connectivity index (χ2v) is 5.20. The van der Waals surface area contributed by atoms with Crippen molar-refractivity contribution in [3.8, 4) is 0 Å². The zero-order valence-corrected chi connectivity index (χ0v) is 8.82. The molecule has 5 heteroatoms. The van der Waals surface area contributed by atoms with Crippen LogP contribution in [0.1, 0.15) is 12.8 Å². The molecule has 0 bridgehead atoms. The van der Waals surface area contributed by atoms with Crippen molar-refractivity contribution in [1.29, 1.82) is 0 Å². The number of halogens is 2. The highest BCUT2D eigenvalue weighted by Crippen LogP contribution is 2.32. The van der Waals surface area contributed by atoms with Gasteiger partial charge in [-0.05, 0) is 30.9 Å². The summed E-state index contributed by atoms with van der Waals surface area (Å²) in [6.07, 6.45) is 2.01. The number of anilines is 1. The predicted octanol–water partition coefficient (Wildman–Crippen LogP) is 2.06. The van der Waals surface area contributed by atoms with Crippen molar-refractivity contribution in [2.45, 2.75) is 17.7 Å². The van der Waals surface area contributed by atoms with E-state index in [1.807, 2.05) is 0 Å². The van der Waals surface area contributed by atoms with Crippen molar-refractivity contribution in [1.82, 2.24) is 0 Å². The molecule has 0 saturated heterocycles. The summed E-state index contributed by atoms with van der Waals surface area (Å²) in [7, 11) is -1.59. The molecule has 0 spiro atoms. The Morgan fingerprint density at radius 3 is 2.33 bits per heavy atom.